The van der Waals surface area contributed by atoms with Gasteiger partial charge in [0.15, 0.2) is 11.5 Å². The molecule has 0 aromatic heterocycles. The second kappa shape index (κ2) is 8.01. The summed E-state index contributed by atoms with van der Waals surface area (Å²) in [5.41, 5.74) is 2.50. The molecule has 6 heteroatoms. The first kappa shape index (κ1) is 19.0. The van der Waals surface area contributed by atoms with Crippen molar-refractivity contribution in [3.8, 4) is 11.5 Å². The molecular weight excluding hydrogens is 380 g/mol. The summed E-state index contributed by atoms with van der Waals surface area (Å²) in [6.45, 7) is 2.46. The lowest BCUT2D eigenvalue weighted by Crippen LogP contribution is -2.29. The summed E-state index contributed by atoms with van der Waals surface area (Å²) in [6, 6.07) is 13.2. The summed E-state index contributed by atoms with van der Waals surface area (Å²) >= 11 is 0. The zero-order valence-electron chi connectivity index (χ0n) is 16.9. The molecule has 1 saturated carbocycles. The van der Waals surface area contributed by atoms with Gasteiger partial charge >= 0.3 is 0 Å². The zero-order valence-corrected chi connectivity index (χ0v) is 16.9. The third-order valence-corrected chi connectivity index (χ3v) is 6.15. The number of rotatable bonds is 6. The second-order valence-electron chi connectivity index (χ2n) is 8.53. The van der Waals surface area contributed by atoms with Gasteiger partial charge in [0.05, 0.1) is 0 Å². The van der Waals surface area contributed by atoms with Gasteiger partial charge in [0.25, 0.3) is 11.8 Å². The van der Waals surface area contributed by atoms with Crippen molar-refractivity contribution >= 4 is 11.8 Å². The Bertz CT molecular complexity index is 969. The van der Waals surface area contributed by atoms with E-state index in [-0.39, 0.29) is 18.6 Å². The van der Waals surface area contributed by atoms with Gasteiger partial charge in [-0.2, -0.15) is 0 Å². The Morgan fingerprint density at radius 1 is 0.967 bits per heavy atom. The lowest BCUT2D eigenvalue weighted by Gasteiger charge is -2.17. The van der Waals surface area contributed by atoms with E-state index in [1.807, 2.05) is 23.1 Å². The standard InChI is InChI=1S/C24H26N2O4/c27-23(25-13-16-4-5-16)19-3-1-2-17(11-19)10-18-8-9-26(14-18)24(28)20-6-7-21-22(12-20)30-15-29-21/h1-3,6-7,11-12,16,18H,4-5,8-10,13-15H2,(H,25,27). The van der Waals surface area contributed by atoms with Gasteiger partial charge in [-0.05, 0) is 73.4 Å². The maximum Gasteiger partial charge on any atom is 0.254 e. The Balaban J connectivity index is 1.18. The topological polar surface area (TPSA) is 67.9 Å². The van der Waals surface area contributed by atoms with Crippen LogP contribution in [0.5, 0.6) is 11.5 Å². The zero-order chi connectivity index (χ0) is 20.5. The summed E-state index contributed by atoms with van der Waals surface area (Å²) in [5, 5.41) is 3.03. The lowest BCUT2D eigenvalue weighted by atomic mass is 9.97. The number of carbonyl (C=O) groups excluding carboxylic acids is 2. The minimum absolute atomic E-state index is 0.00906. The number of ether oxygens (including phenoxy) is 2. The monoisotopic (exact) mass is 406 g/mol. The van der Waals surface area contributed by atoms with Crippen LogP contribution in [0.4, 0.5) is 0 Å². The maximum atomic E-state index is 12.9. The minimum atomic E-state index is 0.00906. The molecule has 5 rings (SSSR count). The minimum Gasteiger partial charge on any atom is -0.454 e. The first-order valence-electron chi connectivity index (χ1n) is 10.7. The number of benzene rings is 2. The number of nitrogens with zero attached hydrogens (tertiary/aromatic N) is 1. The molecule has 1 saturated heterocycles. The van der Waals surface area contributed by atoms with Crippen LogP contribution in [0.3, 0.4) is 0 Å². The Morgan fingerprint density at radius 2 is 1.83 bits per heavy atom. The summed E-state index contributed by atoms with van der Waals surface area (Å²) in [5.74, 6) is 2.43. The van der Waals surface area contributed by atoms with Crippen LogP contribution in [0.2, 0.25) is 0 Å². The van der Waals surface area contributed by atoms with Gasteiger partial charge in [0, 0.05) is 30.8 Å². The third kappa shape index (κ3) is 4.13. The quantitative estimate of drug-likeness (QED) is 0.800. The Kier molecular flexibility index (Phi) is 5.07. The highest BCUT2D eigenvalue weighted by Crippen LogP contribution is 2.33. The maximum absolute atomic E-state index is 12.9. The van der Waals surface area contributed by atoms with E-state index in [9.17, 15) is 9.59 Å². The predicted molar refractivity (Wildman–Crippen MR) is 112 cm³/mol. The van der Waals surface area contributed by atoms with Crippen LogP contribution >= 0.6 is 0 Å². The van der Waals surface area contributed by atoms with E-state index in [1.165, 1.54) is 12.8 Å². The SMILES string of the molecule is O=C(NCC1CC1)c1cccc(CC2CCN(C(=O)c3ccc4c(c3)OCO4)C2)c1. The van der Waals surface area contributed by atoms with E-state index in [1.54, 1.807) is 18.2 Å². The van der Waals surface area contributed by atoms with E-state index >= 15 is 0 Å². The van der Waals surface area contributed by atoms with Crippen molar-refractivity contribution < 1.29 is 19.1 Å². The molecule has 1 N–H and O–H groups in total. The molecule has 2 aliphatic heterocycles. The summed E-state index contributed by atoms with van der Waals surface area (Å²) in [7, 11) is 0. The summed E-state index contributed by atoms with van der Waals surface area (Å²) < 4.78 is 10.7. The smallest absolute Gasteiger partial charge is 0.254 e. The van der Waals surface area contributed by atoms with Crippen LogP contribution in [0, 0.1) is 11.8 Å². The molecular formula is C24H26N2O4. The van der Waals surface area contributed by atoms with Crippen molar-refractivity contribution in [2.75, 3.05) is 26.4 Å². The van der Waals surface area contributed by atoms with Crippen molar-refractivity contribution in [1.29, 1.82) is 0 Å². The fourth-order valence-corrected chi connectivity index (χ4v) is 4.23. The molecule has 0 spiro atoms. The van der Waals surface area contributed by atoms with Gasteiger partial charge in [-0.3, -0.25) is 9.59 Å². The van der Waals surface area contributed by atoms with Crippen LogP contribution in [0.25, 0.3) is 0 Å². The average molecular weight is 406 g/mol. The van der Waals surface area contributed by atoms with Gasteiger partial charge < -0.3 is 19.7 Å². The Morgan fingerprint density at radius 3 is 2.70 bits per heavy atom. The van der Waals surface area contributed by atoms with Gasteiger partial charge in [0.1, 0.15) is 0 Å². The number of hydrogen-bond donors (Lipinski definition) is 1. The molecule has 156 valence electrons. The predicted octanol–water partition coefficient (Wildman–Crippen LogP) is 3.26. The van der Waals surface area contributed by atoms with Gasteiger partial charge in [-0.15, -0.1) is 0 Å². The van der Waals surface area contributed by atoms with Gasteiger partial charge in [0.2, 0.25) is 6.79 Å². The second-order valence-corrected chi connectivity index (χ2v) is 8.53. The van der Waals surface area contributed by atoms with E-state index in [0.29, 0.717) is 28.9 Å². The van der Waals surface area contributed by atoms with Crippen molar-refractivity contribution in [1.82, 2.24) is 10.2 Å². The molecule has 0 bridgehead atoms. The first-order valence-corrected chi connectivity index (χ1v) is 10.7. The molecule has 3 aliphatic rings. The van der Waals surface area contributed by atoms with E-state index < -0.39 is 0 Å². The molecule has 2 amide bonds. The normalized spacial score (nSPS) is 19.7. The number of fused-ring (bicyclic) bond motifs is 1. The molecule has 1 atom stereocenters. The first-order chi connectivity index (χ1) is 14.7. The fraction of sp³-hybridized carbons (Fsp3) is 0.417. The van der Waals surface area contributed by atoms with Crippen molar-refractivity contribution in [3.63, 3.8) is 0 Å². The van der Waals surface area contributed by atoms with Gasteiger partial charge in [-0.25, -0.2) is 0 Å². The third-order valence-electron chi connectivity index (χ3n) is 6.15. The molecule has 0 radical (unpaired) electrons. The summed E-state index contributed by atoms with van der Waals surface area (Å²) in [4.78, 5) is 27.2. The molecule has 1 aliphatic carbocycles. The van der Waals surface area contributed by atoms with E-state index in [0.717, 1.165) is 43.6 Å². The highest BCUT2D eigenvalue weighted by Gasteiger charge is 2.28. The number of amides is 2. The molecule has 30 heavy (non-hydrogen) atoms. The van der Waals surface area contributed by atoms with Crippen LogP contribution in [-0.4, -0.2) is 43.1 Å². The Labute approximate surface area is 176 Å². The number of hydrogen-bond acceptors (Lipinski definition) is 4. The van der Waals surface area contributed by atoms with Crippen molar-refractivity contribution in [2.24, 2.45) is 11.8 Å². The number of likely N-dealkylation sites (tertiary alicyclic amines) is 1. The molecule has 2 aromatic rings. The molecule has 2 heterocycles. The van der Waals surface area contributed by atoms with E-state index in [2.05, 4.69) is 11.4 Å². The Hall–Kier alpha value is -3.02. The van der Waals surface area contributed by atoms with Crippen molar-refractivity contribution in [2.45, 2.75) is 25.7 Å². The molecule has 2 fully saturated rings. The summed E-state index contributed by atoms with van der Waals surface area (Å²) in [6.07, 6.45) is 4.29. The van der Waals surface area contributed by atoms with Crippen LogP contribution < -0.4 is 14.8 Å². The largest absolute Gasteiger partial charge is 0.454 e. The fourth-order valence-electron chi connectivity index (χ4n) is 4.23. The van der Waals surface area contributed by atoms with Crippen LogP contribution in [-0.2, 0) is 6.42 Å². The number of nitrogens with one attached hydrogen (secondary N) is 1. The average Bonchev–Trinajstić information content (AvgIpc) is 3.28. The molecule has 2 aromatic carbocycles. The van der Waals surface area contributed by atoms with Crippen molar-refractivity contribution in [3.05, 3.63) is 59.2 Å². The number of carbonyl (C=O) groups is 2. The highest BCUT2D eigenvalue weighted by molar-refractivity contribution is 5.95. The lowest BCUT2D eigenvalue weighted by molar-refractivity contribution is 0.0786. The van der Waals surface area contributed by atoms with E-state index in [4.69, 9.17) is 9.47 Å². The van der Waals surface area contributed by atoms with Gasteiger partial charge in [-0.1, -0.05) is 12.1 Å². The molecule has 6 nitrogen and oxygen atoms in total. The molecule has 1 unspecified atom stereocenters. The van der Waals surface area contributed by atoms with Crippen LogP contribution in [0.15, 0.2) is 42.5 Å². The van der Waals surface area contributed by atoms with Crippen LogP contribution in [0.1, 0.15) is 45.5 Å². The highest BCUT2D eigenvalue weighted by atomic mass is 16.7.